The summed E-state index contributed by atoms with van der Waals surface area (Å²) >= 11 is 0. The highest BCUT2D eigenvalue weighted by atomic mass is 16.5. The molecule has 2 heteroatoms. The number of ether oxygens (including phenoxy) is 1. The summed E-state index contributed by atoms with van der Waals surface area (Å²) in [5.41, 5.74) is 2.15. The fraction of sp³-hybridized carbons (Fsp3) is 0.429. The predicted octanol–water partition coefficient (Wildman–Crippen LogP) is 2.33. The van der Waals surface area contributed by atoms with Gasteiger partial charge < -0.3 is 4.74 Å². The van der Waals surface area contributed by atoms with Gasteiger partial charge in [0.05, 0.1) is 12.1 Å². The molecule has 1 aromatic carbocycles. The lowest BCUT2D eigenvalue weighted by Gasteiger charge is -2.19. The van der Waals surface area contributed by atoms with Crippen molar-refractivity contribution in [1.82, 2.24) is 5.32 Å². The zero-order valence-electron chi connectivity index (χ0n) is 10.2. The van der Waals surface area contributed by atoms with Crippen LogP contribution in [0.25, 0.3) is 0 Å². The first-order chi connectivity index (χ1) is 7.57. The molecule has 0 atom stereocenters. The van der Waals surface area contributed by atoms with E-state index in [2.05, 4.69) is 35.5 Å². The number of terminal acetylenes is 1. The SMILES string of the molecule is C#CC(C)(C)NCc1ccc(COC)cc1. The second kappa shape index (κ2) is 5.69. The Bertz CT molecular complexity index is 359. The van der Waals surface area contributed by atoms with Gasteiger partial charge in [-0.25, -0.2) is 0 Å². The van der Waals surface area contributed by atoms with Crippen LogP contribution in [0.2, 0.25) is 0 Å². The largest absolute Gasteiger partial charge is 0.380 e. The molecule has 0 saturated carbocycles. The van der Waals surface area contributed by atoms with Crippen LogP contribution in [-0.2, 0) is 17.9 Å². The van der Waals surface area contributed by atoms with Crippen LogP contribution in [0.4, 0.5) is 0 Å². The highest BCUT2D eigenvalue weighted by molar-refractivity contribution is 5.22. The zero-order chi connectivity index (χ0) is 12.0. The minimum Gasteiger partial charge on any atom is -0.380 e. The molecule has 0 aliphatic rings. The van der Waals surface area contributed by atoms with E-state index in [1.54, 1.807) is 7.11 Å². The van der Waals surface area contributed by atoms with E-state index in [1.165, 1.54) is 11.1 Å². The average Bonchev–Trinajstić information content (AvgIpc) is 2.29. The third-order valence-corrected chi connectivity index (χ3v) is 2.43. The average molecular weight is 217 g/mol. The molecule has 0 aromatic heterocycles. The topological polar surface area (TPSA) is 21.3 Å². The molecule has 1 rings (SSSR count). The van der Waals surface area contributed by atoms with Crippen LogP contribution in [0.15, 0.2) is 24.3 Å². The van der Waals surface area contributed by atoms with Crippen molar-refractivity contribution in [2.24, 2.45) is 0 Å². The second-order valence-electron chi connectivity index (χ2n) is 4.37. The van der Waals surface area contributed by atoms with Gasteiger partial charge in [0.15, 0.2) is 0 Å². The molecule has 2 nitrogen and oxygen atoms in total. The van der Waals surface area contributed by atoms with Crippen molar-refractivity contribution in [1.29, 1.82) is 0 Å². The van der Waals surface area contributed by atoms with Crippen molar-refractivity contribution in [2.45, 2.75) is 32.5 Å². The van der Waals surface area contributed by atoms with Crippen LogP contribution in [0, 0.1) is 12.3 Å². The van der Waals surface area contributed by atoms with Gasteiger partial charge in [0.25, 0.3) is 0 Å². The van der Waals surface area contributed by atoms with Gasteiger partial charge in [0.1, 0.15) is 0 Å². The normalized spacial score (nSPS) is 11.1. The summed E-state index contributed by atoms with van der Waals surface area (Å²) in [5.74, 6) is 2.71. The van der Waals surface area contributed by atoms with Crippen LogP contribution < -0.4 is 5.32 Å². The Morgan fingerprint density at radius 3 is 2.31 bits per heavy atom. The molecular weight excluding hydrogens is 198 g/mol. The van der Waals surface area contributed by atoms with Crippen LogP contribution in [0.3, 0.4) is 0 Å². The monoisotopic (exact) mass is 217 g/mol. The minimum atomic E-state index is -0.259. The van der Waals surface area contributed by atoms with Crippen LogP contribution in [0.5, 0.6) is 0 Å². The van der Waals surface area contributed by atoms with Crippen molar-refractivity contribution in [3.05, 3.63) is 35.4 Å². The Hall–Kier alpha value is -1.30. The molecule has 0 unspecified atom stereocenters. The fourth-order valence-corrected chi connectivity index (χ4v) is 1.29. The maximum absolute atomic E-state index is 5.41. The quantitative estimate of drug-likeness (QED) is 0.764. The molecule has 0 heterocycles. The van der Waals surface area contributed by atoms with Crippen molar-refractivity contribution in [3.63, 3.8) is 0 Å². The van der Waals surface area contributed by atoms with E-state index in [4.69, 9.17) is 11.2 Å². The lowest BCUT2D eigenvalue weighted by molar-refractivity contribution is 0.185. The number of hydrogen-bond donors (Lipinski definition) is 1. The molecule has 0 aliphatic carbocycles. The second-order valence-corrected chi connectivity index (χ2v) is 4.37. The highest BCUT2D eigenvalue weighted by Gasteiger charge is 2.11. The highest BCUT2D eigenvalue weighted by Crippen LogP contribution is 2.07. The summed E-state index contributed by atoms with van der Waals surface area (Å²) in [6.07, 6.45) is 5.41. The lowest BCUT2D eigenvalue weighted by Crippen LogP contribution is -2.36. The Labute approximate surface area is 98.0 Å². The van der Waals surface area contributed by atoms with E-state index < -0.39 is 0 Å². The molecule has 0 radical (unpaired) electrons. The van der Waals surface area contributed by atoms with Crippen molar-refractivity contribution in [2.75, 3.05) is 7.11 Å². The third-order valence-electron chi connectivity index (χ3n) is 2.43. The van der Waals surface area contributed by atoms with Gasteiger partial charge in [0.2, 0.25) is 0 Å². The van der Waals surface area contributed by atoms with Crippen molar-refractivity contribution >= 4 is 0 Å². The van der Waals surface area contributed by atoms with Crippen LogP contribution >= 0.6 is 0 Å². The number of rotatable bonds is 5. The summed E-state index contributed by atoms with van der Waals surface area (Å²) in [6.45, 7) is 5.42. The third kappa shape index (κ3) is 4.06. The summed E-state index contributed by atoms with van der Waals surface area (Å²) in [6, 6.07) is 8.33. The molecule has 0 spiro atoms. The predicted molar refractivity (Wildman–Crippen MR) is 66.9 cm³/mol. The number of nitrogens with one attached hydrogen (secondary N) is 1. The molecule has 0 bridgehead atoms. The minimum absolute atomic E-state index is 0.259. The molecule has 86 valence electrons. The molecule has 1 N–H and O–H groups in total. The zero-order valence-corrected chi connectivity index (χ0v) is 10.2. The van der Waals surface area contributed by atoms with Gasteiger partial charge in [-0.15, -0.1) is 6.42 Å². The Morgan fingerprint density at radius 2 is 1.81 bits per heavy atom. The van der Waals surface area contributed by atoms with E-state index in [0.717, 1.165) is 6.54 Å². The van der Waals surface area contributed by atoms with Crippen molar-refractivity contribution < 1.29 is 4.74 Å². The molecule has 0 fully saturated rings. The number of hydrogen-bond acceptors (Lipinski definition) is 2. The summed E-state index contributed by atoms with van der Waals surface area (Å²) < 4.78 is 5.06. The van der Waals surface area contributed by atoms with Crippen LogP contribution in [0.1, 0.15) is 25.0 Å². The van der Waals surface area contributed by atoms with E-state index in [1.807, 2.05) is 13.8 Å². The lowest BCUT2D eigenvalue weighted by atomic mass is 10.1. The van der Waals surface area contributed by atoms with Gasteiger partial charge in [-0.05, 0) is 25.0 Å². The first-order valence-electron chi connectivity index (χ1n) is 5.37. The Morgan fingerprint density at radius 1 is 1.25 bits per heavy atom. The maximum Gasteiger partial charge on any atom is 0.0743 e. The van der Waals surface area contributed by atoms with Gasteiger partial charge in [-0.2, -0.15) is 0 Å². The molecular formula is C14H19NO. The van der Waals surface area contributed by atoms with E-state index >= 15 is 0 Å². The maximum atomic E-state index is 5.41. The molecule has 16 heavy (non-hydrogen) atoms. The number of methoxy groups -OCH3 is 1. The van der Waals surface area contributed by atoms with Gasteiger partial charge in [-0.3, -0.25) is 5.32 Å². The molecule has 1 aromatic rings. The van der Waals surface area contributed by atoms with Crippen LogP contribution in [-0.4, -0.2) is 12.6 Å². The smallest absolute Gasteiger partial charge is 0.0743 e. The molecule has 0 saturated heterocycles. The first kappa shape index (κ1) is 12.8. The Balaban J connectivity index is 2.53. The van der Waals surface area contributed by atoms with E-state index in [9.17, 15) is 0 Å². The van der Waals surface area contributed by atoms with E-state index in [0.29, 0.717) is 6.61 Å². The standard InChI is InChI=1S/C14H19NO/c1-5-14(2,3)15-10-12-6-8-13(9-7-12)11-16-4/h1,6-9,15H,10-11H2,2-4H3. The fourth-order valence-electron chi connectivity index (χ4n) is 1.29. The molecule has 0 amide bonds. The first-order valence-corrected chi connectivity index (χ1v) is 5.37. The van der Waals surface area contributed by atoms with E-state index in [-0.39, 0.29) is 5.54 Å². The van der Waals surface area contributed by atoms with Gasteiger partial charge >= 0.3 is 0 Å². The number of benzene rings is 1. The summed E-state index contributed by atoms with van der Waals surface area (Å²) in [4.78, 5) is 0. The summed E-state index contributed by atoms with van der Waals surface area (Å²) in [7, 11) is 1.70. The molecule has 0 aliphatic heterocycles. The Kier molecular flexibility index (Phi) is 4.54. The van der Waals surface area contributed by atoms with Gasteiger partial charge in [0, 0.05) is 13.7 Å². The van der Waals surface area contributed by atoms with Crippen molar-refractivity contribution in [3.8, 4) is 12.3 Å². The van der Waals surface area contributed by atoms with Gasteiger partial charge in [-0.1, -0.05) is 30.2 Å². The summed E-state index contributed by atoms with van der Waals surface area (Å²) in [5, 5.41) is 3.31.